The zero-order chi connectivity index (χ0) is 14.1. The second kappa shape index (κ2) is 4.81. The van der Waals surface area contributed by atoms with E-state index in [9.17, 15) is 4.39 Å². The predicted octanol–water partition coefficient (Wildman–Crippen LogP) is 4.01. The Hall–Kier alpha value is -2.62. The first-order valence-corrected chi connectivity index (χ1v) is 6.31. The quantitative estimate of drug-likeness (QED) is 0.690. The Morgan fingerprint density at radius 1 is 1.05 bits per heavy atom. The molecule has 0 spiro atoms. The minimum absolute atomic E-state index is 0.262. The van der Waals surface area contributed by atoms with Crippen molar-refractivity contribution in [2.24, 2.45) is 0 Å². The summed E-state index contributed by atoms with van der Waals surface area (Å²) in [5.41, 5.74) is 8.59. The number of benzene rings is 2. The Morgan fingerprint density at radius 3 is 2.55 bits per heavy atom. The third kappa shape index (κ3) is 2.16. The predicted molar refractivity (Wildman–Crippen MR) is 80.6 cm³/mol. The first-order valence-electron chi connectivity index (χ1n) is 6.31. The van der Waals surface area contributed by atoms with Crippen LogP contribution in [0, 0.1) is 12.7 Å². The molecule has 3 aromatic rings. The molecule has 2 aromatic carbocycles. The Bertz CT molecular complexity index is 767. The molecule has 0 aliphatic carbocycles. The van der Waals surface area contributed by atoms with E-state index in [4.69, 9.17) is 5.73 Å². The summed E-state index contributed by atoms with van der Waals surface area (Å²) < 4.78 is 12.9. The number of halogens is 1. The van der Waals surface area contributed by atoms with E-state index < -0.39 is 0 Å². The van der Waals surface area contributed by atoms with Gasteiger partial charge in [0, 0.05) is 28.3 Å². The fourth-order valence-electron chi connectivity index (χ4n) is 2.25. The fourth-order valence-corrected chi connectivity index (χ4v) is 2.25. The molecule has 3 nitrogen and oxygen atoms in total. The van der Waals surface area contributed by atoms with Crippen LogP contribution in [0.1, 0.15) is 5.56 Å². The van der Waals surface area contributed by atoms with Gasteiger partial charge in [0.2, 0.25) is 0 Å². The lowest BCUT2D eigenvalue weighted by molar-refractivity contribution is 0.628. The van der Waals surface area contributed by atoms with Gasteiger partial charge < -0.3 is 11.1 Å². The summed E-state index contributed by atoms with van der Waals surface area (Å²) in [5.74, 6) is 0.459. The minimum Gasteiger partial charge on any atom is -0.398 e. The van der Waals surface area contributed by atoms with E-state index >= 15 is 0 Å². The van der Waals surface area contributed by atoms with Gasteiger partial charge in [-0.05, 0) is 48.9 Å². The molecule has 3 rings (SSSR count). The average molecular weight is 267 g/mol. The van der Waals surface area contributed by atoms with Crippen LogP contribution in [0.15, 0.2) is 48.7 Å². The van der Waals surface area contributed by atoms with E-state index in [1.807, 2.05) is 25.1 Å². The highest BCUT2D eigenvalue weighted by atomic mass is 19.1. The normalized spacial score (nSPS) is 10.7. The SMILES string of the molecule is Cc1ccc(N)c2ccnc(Nc3ccc(F)cc3)c12. The minimum atomic E-state index is -0.262. The monoisotopic (exact) mass is 267 g/mol. The van der Waals surface area contributed by atoms with Crippen molar-refractivity contribution in [1.82, 2.24) is 4.98 Å². The number of pyridine rings is 1. The second-order valence-corrected chi connectivity index (χ2v) is 4.69. The highest BCUT2D eigenvalue weighted by Crippen LogP contribution is 2.30. The Labute approximate surface area is 116 Å². The zero-order valence-corrected chi connectivity index (χ0v) is 11.0. The number of nitrogens with zero attached hydrogens (tertiary/aromatic N) is 1. The van der Waals surface area contributed by atoms with Crippen LogP contribution >= 0.6 is 0 Å². The van der Waals surface area contributed by atoms with Gasteiger partial charge in [-0.15, -0.1) is 0 Å². The zero-order valence-electron chi connectivity index (χ0n) is 11.0. The smallest absolute Gasteiger partial charge is 0.138 e. The molecule has 100 valence electrons. The number of aryl methyl sites for hydroxylation is 1. The first-order chi connectivity index (χ1) is 9.65. The molecule has 0 aliphatic heterocycles. The standard InChI is InChI=1S/C16H14FN3/c1-10-2-7-14(18)13-8-9-19-16(15(10)13)20-12-5-3-11(17)4-6-12/h2-9H,18H2,1H3,(H,19,20). The maximum atomic E-state index is 12.9. The van der Waals surface area contributed by atoms with Crippen LogP contribution in [0.25, 0.3) is 10.8 Å². The summed E-state index contributed by atoms with van der Waals surface area (Å²) >= 11 is 0. The second-order valence-electron chi connectivity index (χ2n) is 4.69. The molecule has 0 unspecified atom stereocenters. The van der Waals surface area contributed by atoms with E-state index in [2.05, 4.69) is 10.3 Å². The van der Waals surface area contributed by atoms with Gasteiger partial charge in [0.25, 0.3) is 0 Å². The number of rotatable bonds is 2. The Morgan fingerprint density at radius 2 is 1.80 bits per heavy atom. The van der Waals surface area contributed by atoms with Crippen LogP contribution in [0.2, 0.25) is 0 Å². The van der Waals surface area contributed by atoms with Crippen molar-refractivity contribution >= 4 is 28.0 Å². The highest BCUT2D eigenvalue weighted by molar-refractivity contribution is 6.02. The van der Waals surface area contributed by atoms with Gasteiger partial charge >= 0.3 is 0 Å². The molecule has 0 aliphatic rings. The molecule has 0 radical (unpaired) electrons. The average Bonchev–Trinajstić information content (AvgIpc) is 2.46. The van der Waals surface area contributed by atoms with Crippen molar-refractivity contribution in [3.05, 3.63) is 60.0 Å². The molecule has 1 heterocycles. The molecule has 3 N–H and O–H groups in total. The molecular weight excluding hydrogens is 253 g/mol. The Balaban J connectivity index is 2.12. The van der Waals surface area contributed by atoms with Crippen LogP contribution in [0.3, 0.4) is 0 Å². The summed E-state index contributed by atoms with van der Waals surface area (Å²) in [6, 6.07) is 11.9. The topological polar surface area (TPSA) is 50.9 Å². The lowest BCUT2D eigenvalue weighted by atomic mass is 10.1. The molecular formula is C16H14FN3. The summed E-state index contributed by atoms with van der Waals surface area (Å²) in [7, 11) is 0. The van der Waals surface area contributed by atoms with Gasteiger partial charge in [-0.25, -0.2) is 9.37 Å². The molecule has 4 heteroatoms. The van der Waals surface area contributed by atoms with E-state index in [1.54, 1.807) is 18.3 Å². The molecule has 0 saturated heterocycles. The van der Waals surface area contributed by atoms with Gasteiger partial charge in [-0.2, -0.15) is 0 Å². The third-order valence-electron chi connectivity index (χ3n) is 3.28. The Kier molecular flexibility index (Phi) is 2.99. The van der Waals surface area contributed by atoms with Crippen molar-refractivity contribution < 1.29 is 4.39 Å². The number of hydrogen-bond acceptors (Lipinski definition) is 3. The van der Waals surface area contributed by atoms with E-state index in [-0.39, 0.29) is 5.82 Å². The third-order valence-corrected chi connectivity index (χ3v) is 3.28. The highest BCUT2D eigenvalue weighted by Gasteiger charge is 2.08. The lowest BCUT2D eigenvalue weighted by Crippen LogP contribution is -1.97. The first kappa shape index (κ1) is 12.4. The van der Waals surface area contributed by atoms with Crippen LogP contribution in [-0.2, 0) is 0 Å². The van der Waals surface area contributed by atoms with Gasteiger partial charge in [0.1, 0.15) is 11.6 Å². The van der Waals surface area contributed by atoms with Crippen molar-refractivity contribution in [3.63, 3.8) is 0 Å². The van der Waals surface area contributed by atoms with Crippen LogP contribution in [-0.4, -0.2) is 4.98 Å². The lowest BCUT2D eigenvalue weighted by Gasteiger charge is -2.12. The summed E-state index contributed by atoms with van der Waals surface area (Å²) in [4.78, 5) is 4.37. The van der Waals surface area contributed by atoms with E-state index in [0.717, 1.165) is 33.5 Å². The number of nitrogen functional groups attached to an aromatic ring is 1. The fraction of sp³-hybridized carbons (Fsp3) is 0.0625. The largest absolute Gasteiger partial charge is 0.398 e. The molecule has 20 heavy (non-hydrogen) atoms. The van der Waals surface area contributed by atoms with Crippen molar-refractivity contribution in [2.75, 3.05) is 11.1 Å². The number of fused-ring (bicyclic) bond motifs is 1. The number of nitrogens with two attached hydrogens (primary N) is 1. The van der Waals surface area contributed by atoms with Crippen molar-refractivity contribution in [1.29, 1.82) is 0 Å². The maximum absolute atomic E-state index is 12.9. The van der Waals surface area contributed by atoms with Crippen LogP contribution in [0.4, 0.5) is 21.6 Å². The van der Waals surface area contributed by atoms with E-state index in [0.29, 0.717) is 0 Å². The summed E-state index contributed by atoms with van der Waals surface area (Å²) in [5, 5.41) is 5.15. The number of nitrogens with one attached hydrogen (secondary N) is 1. The van der Waals surface area contributed by atoms with Crippen molar-refractivity contribution in [2.45, 2.75) is 6.92 Å². The molecule has 0 atom stereocenters. The molecule has 1 aromatic heterocycles. The van der Waals surface area contributed by atoms with Gasteiger partial charge in [0.05, 0.1) is 0 Å². The molecule has 0 bridgehead atoms. The molecule has 0 fully saturated rings. The number of aromatic nitrogens is 1. The van der Waals surface area contributed by atoms with Crippen molar-refractivity contribution in [3.8, 4) is 0 Å². The molecule has 0 amide bonds. The van der Waals surface area contributed by atoms with Gasteiger partial charge in [-0.3, -0.25) is 0 Å². The number of hydrogen-bond donors (Lipinski definition) is 2. The van der Waals surface area contributed by atoms with Crippen LogP contribution in [0.5, 0.6) is 0 Å². The summed E-state index contributed by atoms with van der Waals surface area (Å²) in [6.45, 7) is 2.01. The number of anilines is 3. The van der Waals surface area contributed by atoms with Gasteiger partial charge in [-0.1, -0.05) is 6.07 Å². The molecule has 0 saturated carbocycles. The van der Waals surface area contributed by atoms with Gasteiger partial charge in [0.15, 0.2) is 0 Å². The maximum Gasteiger partial charge on any atom is 0.138 e. The van der Waals surface area contributed by atoms with E-state index in [1.165, 1.54) is 12.1 Å². The van der Waals surface area contributed by atoms with Crippen LogP contribution < -0.4 is 11.1 Å². The summed E-state index contributed by atoms with van der Waals surface area (Å²) in [6.07, 6.45) is 1.71.